The molecule has 3 rings (SSSR count). The van der Waals surface area contributed by atoms with Crippen LogP contribution in [0, 0.1) is 0 Å². The van der Waals surface area contributed by atoms with E-state index >= 15 is 0 Å². The van der Waals surface area contributed by atoms with Crippen molar-refractivity contribution in [2.24, 2.45) is 0 Å². The van der Waals surface area contributed by atoms with Gasteiger partial charge in [-0.25, -0.2) is 0 Å². The van der Waals surface area contributed by atoms with E-state index in [0.717, 1.165) is 0 Å². The Hall–Kier alpha value is -1.25. The van der Waals surface area contributed by atoms with Crippen LogP contribution in [0.15, 0.2) is 71.6 Å². The lowest BCUT2D eigenvalue weighted by Gasteiger charge is -2.16. The van der Waals surface area contributed by atoms with E-state index in [1.54, 1.807) is 11.8 Å². The van der Waals surface area contributed by atoms with E-state index in [1.165, 1.54) is 26.8 Å². The van der Waals surface area contributed by atoms with Crippen molar-refractivity contribution in [2.75, 3.05) is 6.26 Å². The molecule has 0 radical (unpaired) electrons. The molecule has 0 fully saturated rings. The molecule has 0 nitrogen and oxygen atoms in total. The highest BCUT2D eigenvalue weighted by Gasteiger charge is 2.15. The number of halogens is 1. The lowest BCUT2D eigenvalue weighted by molar-refractivity contribution is 1.13. The highest BCUT2D eigenvalue weighted by Crippen LogP contribution is 2.39. The number of hydrogen-bond acceptors (Lipinski definition) is 1. The monoisotopic (exact) mass is 342 g/mol. The van der Waals surface area contributed by atoms with E-state index in [4.69, 9.17) is 0 Å². The quantitative estimate of drug-likeness (QED) is 0.412. The fraction of sp³-hybridized carbons (Fsp3) is 0.111. The van der Waals surface area contributed by atoms with Crippen LogP contribution < -0.4 is 0 Å². The second-order valence-electron chi connectivity index (χ2n) is 4.67. The zero-order chi connectivity index (χ0) is 13.9. The second kappa shape index (κ2) is 6.02. The maximum absolute atomic E-state index is 3.89. The van der Waals surface area contributed by atoms with Crippen molar-refractivity contribution in [1.82, 2.24) is 0 Å². The zero-order valence-electron chi connectivity index (χ0n) is 11.2. The Morgan fingerprint density at radius 2 is 1.45 bits per heavy atom. The molecular formula is C18H15BrS. The van der Waals surface area contributed by atoms with Crippen molar-refractivity contribution in [3.63, 3.8) is 0 Å². The number of thioether (sulfide) groups is 1. The van der Waals surface area contributed by atoms with Gasteiger partial charge >= 0.3 is 0 Å². The highest BCUT2D eigenvalue weighted by molar-refractivity contribution is 9.09. The van der Waals surface area contributed by atoms with Crippen LogP contribution in [-0.2, 0) is 0 Å². The van der Waals surface area contributed by atoms with E-state index in [9.17, 15) is 0 Å². The van der Waals surface area contributed by atoms with Gasteiger partial charge in [0.05, 0.1) is 4.83 Å². The third-order valence-corrected chi connectivity index (χ3v) is 5.31. The number of hydrogen-bond donors (Lipinski definition) is 0. The normalized spacial score (nSPS) is 12.5. The van der Waals surface area contributed by atoms with Crippen molar-refractivity contribution in [1.29, 1.82) is 0 Å². The molecule has 2 heteroatoms. The minimum absolute atomic E-state index is 0.220. The molecule has 0 saturated heterocycles. The molecule has 0 spiro atoms. The molecule has 0 amide bonds. The average Bonchev–Trinajstić information content (AvgIpc) is 2.53. The topological polar surface area (TPSA) is 0 Å². The van der Waals surface area contributed by atoms with Crippen LogP contribution in [0.25, 0.3) is 10.8 Å². The van der Waals surface area contributed by atoms with Gasteiger partial charge in [0, 0.05) is 4.90 Å². The van der Waals surface area contributed by atoms with Crippen LogP contribution in [0.2, 0.25) is 0 Å². The summed E-state index contributed by atoms with van der Waals surface area (Å²) >= 11 is 5.69. The van der Waals surface area contributed by atoms with E-state index in [2.05, 4.69) is 88.9 Å². The summed E-state index contributed by atoms with van der Waals surface area (Å²) in [5, 5.41) is 2.60. The molecule has 20 heavy (non-hydrogen) atoms. The minimum Gasteiger partial charge on any atom is -0.129 e. The summed E-state index contributed by atoms with van der Waals surface area (Å²) in [6.45, 7) is 0. The molecule has 0 saturated carbocycles. The van der Waals surface area contributed by atoms with Crippen molar-refractivity contribution in [3.05, 3.63) is 77.9 Å². The number of fused-ring (bicyclic) bond motifs is 1. The standard InChI is InChI=1S/C18H15BrS/c1-20-17-12-5-4-10-16(17)18(19)15-11-6-8-13-7-2-3-9-14(13)15/h2-12,18H,1H3. The number of alkyl halides is 1. The smallest absolute Gasteiger partial charge is 0.0661 e. The van der Waals surface area contributed by atoms with Crippen molar-refractivity contribution in [3.8, 4) is 0 Å². The Morgan fingerprint density at radius 1 is 0.800 bits per heavy atom. The maximum Gasteiger partial charge on any atom is 0.0661 e. The molecule has 1 atom stereocenters. The zero-order valence-corrected chi connectivity index (χ0v) is 13.6. The lowest BCUT2D eigenvalue weighted by Crippen LogP contribution is -1.96. The van der Waals surface area contributed by atoms with E-state index < -0.39 is 0 Å². The Morgan fingerprint density at radius 3 is 2.30 bits per heavy atom. The molecule has 0 bridgehead atoms. The van der Waals surface area contributed by atoms with Crippen LogP contribution in [-0.4, -0.2) is 6.26 Å². The summed E-state index contributed by atoms with van der Waals surface area (Å²) in [7, 11) is 0. The van der Waals surface area contributed by atoms with Gasteiger partial charge in [0.1, 0.15) is 0 Å². The van der Waals surface area contributed by atoms with Crippen LogP contribution in [0.1, 0.15) is 16.0 Å². The summed E-state index contributed by atoms with van der Waals surface area (Å²) in [6.07, 6.45) is 2.13. The molecule has 3 aromatic rings. The Balaban J connectivity index is 2.15. The first-order chi connectivity index (χ1) is 9.81. The highest BCUT2D eigenvalue weighted by atomic mass is 79.9. The van der Waals surface area contributed by atoms with Gasteiger partial charge in [-0.2, -0.15) is 0 Å². The van der Waals surface area contributed by atoms with Crippen molar-refractivity contribution >= 4 is 38.5 Å². The molecule has 1 unspecified atom stereocenters. The van der Waals surface area contributed by atoms with Gasteiger partial charge in [0.15, 0.2) is 0 Å². The predicted octanol–water partition coefficient (Wildman–Crippen LogP) is 6.05. The van der Waals surface area contributed by atoms with Gasteiger partial charge in [-0.15, -0.1) is 11.8 Å². The Kier molecular flexibility index (Phi) is 4.13. The van der Waals surface area contributed by atoms with Gasteiger partial charge in [0.25, 0.3) is 0 Å². The fourth-order valence-corrected chi connectivity index (χ4v) is 4.10. The van der Waals surface area contributed by atoms with Crippen molar-refractivity contribution in [2.45, 2.75) is 9.72 Å². The maximum atomic E-state index is 3.89. The summed E-state index contributed by atoms with van der Waals surface area (Å²) < 4.78 is 0. The molecule has 0 N–H and O–H groups in total. The largest absolute Gasteiger partial charge is 0.129 e. The molecular weight excluding hydrogens is 328 g/mol. The molecule has 0 heterocycles. The third kappa shape index (κ3) is 2.50. The molecule has 0 aromatic heterocycles. The van der Waals surface area contributed by atoms with E-state index in [1.807, 2.05) is 0 Å². The number of rotatable bonds is 3. The minimum atomic E-state index is 0.220. The SMILES string of the molecule is CSc1ccccc1C(Br)c1cccc2ccccc12. The van der Waals surface area contributed by atoms with Gasteiger partial charge in [-0.05, 0) is 34.2 Å². The summed E-state index contributed by atoms with van der Waals surface area (Å²) in [5.74, 6) is 0. The van der Waals surface area contributed by atoms with Crippen LogP contribution >= 0.6 is 27.7 Å². The molecule has 0 aliphatic heterocycles. The lowest BCUT2D eigenvalue weighted by atomic mass is 9.98. The van der Waals surface area contributed by atoms with Gasteiger partial charge in [0.2, 0.25) is 0 Å². The Bertz CT molecular complexity index is 731. The Labute approximate surface area is 132 Å². The first kappa shape index (κ1) is 13.7. The van der Waals surface area contributed by atoms with Crippen LogP contribution in [0.5, 0.6) is 0 Å². The first-order valence-corrected chi connectivity index (χ1v) is 8.70. The van der Waals surface area contributed by atoms with Crippen LogP contribution in [0.4, 0.5) is 0 Å². The second-order valence-corrected chi connectivity index (χ2v) is 6.44. The molecule has 0 aliphatic carbocycles. The fourth-order valence-electron chi connectivity index (χ4n) is 2.51. The summed E-state index contributed by atoms with van der Waals surface area (Å²) in [5.41, 5.74) is 2.65. The molecule has 100 valence electrons. The van der Waals surface area contributed by atoms with Gasteiger partial charge < -0.3 is 0 Å². The summed E-state index contributed by atoms with van der Waals surface area (Å²) in [6, 6.07) is 23.6. The van der Waals surface area contributed by atoms with E-state index in [-0.39, 0.29) is 4.83 Å². The average molecular weight is 343 g/mol. The van der Waals surface area contributed by atoms with E-state index in [0.29, 0.717) is 0 Å². The van der Waals surface area contributed by atoms with Crippen molar-refractivity contribution < 1.29 is 0 Å². The summed E-state index contributed by atoms with van der Waals surface area (Å²) in [4.78, 5) is 1.54. The van der Waals surface area contributed by atoms with Gasteiger partial charge in [-0.1, -0.05) is 76.6 Å². The van der Waals surface area contributed by atoms with Crippen LogP contribution in [0.3, 0.4) is 0 Å². The molecule has 0 aliphatic rings. The van der Waals surface area contributed by atoms with Gasteiger partial charge in [-0.3, -0.25) is 0 Å². The third-order valence-electron chi connectivity index (χ3n) is 3.51. The number of benzene rings is 3. The first-order valence-electron chi connectivity index (χ1n) is 6.56. The predicted molar refractivity (Wildman–Crippen MR) is 92.9 cm³/mol. The molecule has 3 aromatic carbocycles.